The van der Waals surface area contributed by atoms with E-state index in [-0.39, 0.29) is 18.2 Å². The average molecular weight is 339 g/mol. The van der Waals surface area contributed by atoms with Crippen molar-refractivity contribution in [3.05, 3.63) is 71.8 Å². The summed E-state index contributed by atoms with van der Waals surface area (Å²) in [5.41, 5.74) is 4.92. The van der Waals surface area contributed by atoms with E-state index in [0.29, 0.717) is 5.17 Å². The summed E-state index contributed by atoms with van der Waals surface area (Å²) in [6.45, 7) is 0. The molecule has 6 heteroatoms. The molecule has 122 valence electrons. The second-order valence-corrected chi connectivity index (χ2v) is 6.32. The van der Waals surface area contributed by atoms with E-state index in [4.69, 9.17) is 0 Å². The Kier molecular flexibility index (Phi) is 5.28. The minimum Gasteiger partial charge on any atom is -0.477 e. The Morgan fingerprint density at radius 3 is 2.50 bits per heavy atom. The third-order valence-electron chi connectivity index (χ3n) is 3.58. The standard InChI is InChI=1S/C18H17N3O2S/c22-17(23)15(11-13-7-3-1-4-8-13)20-21-18-19-16(12-24-18)14-9-5-2-6-10-14/h1-10,16H,11-12H2,(H,19,21)(H,22,23)/b20-15+. The number of nitrogens with one attached hydrogen (secondary N) is 1. The lowest BCUT2D eigenvalue weighted by Crippen LogP contribution is -2.22. The van der Waals surface area contributed by atoms with Crippen molar-refractivity contribution >= 4 is 28.6 Å². The summed E-state index contributed by atoms with van der Waals surface area (Å²) >= 11 is 1.54. The maximum absolute atomic E-state index is 11.4. The molecule has 1 heterocycles. The zero-order valence-corrected chi connectivity index (χ0v) is 13.7. The normalized spacial score (nSPS) is 17.4. The van der Waals surface area contributed by atoms with Crippen LogP contribution in [0.1, 0.15) is 17.2 Å². The van der Waals surface area contributed by atoms with E-state index in [1.165, 1.54) is 0 Å². The Balaban J connectivity index is 1.67. The van der Waals surface area contributed by atoms with Gasteiger partial charge in [0.2, 0.25) is 0 Å². The Labute approximate surface area is 144 Å². The molecule has 2 aromatic rings. The maximum atomic E-state index is 11.4. The highest BCUT2D eigenvalue weighted by molar-refractivity contribution is 8.14. The van der Waals surface area contributed by atoms with Crippen LogP contribution in [-0.4, -0.2) is 27.7 Å². The lowest BCUT2D eigenvalue weighted by Gasteiger charge is -2.04. The minimum atomic E-state index is -1.03. The van der Waals surface area contributed by atoms with Crippen LogP contribution in [0.2, 0.25) is 0 Å². The van der Waals surface area contributed by atoms with Gasteiger partial charge in [0, 0.05) is 12.2 Å². The zero-order valence-electron chi connectivity index (χ0n) is 12.9. The van der Waals surface area contributed by atoms with Crippen LogP contribution in [-0.2, 0) is 11.2 Å². The molecule has 0 aliphatic carbocycles. The zero-order chi connectivity index (χ0) is 16.8. The van der Waals surface area contributed by atoms with Crippen LogP contribution < -0.4 is 5.43 Å². The smallest absolute Gasteiger partial charge is 0.352 e. The molecule has 1 unspecified atom stereocenters. The van der Waals surface area contributed by atoms with Crippen LogP contribution in [0, 0.1) is 0 Å². The summed E-state index contributed by atoms with van der Waals surface area (Å²) in [6.07, 6.45) is 0.267. The number of aliphatic carboxylic acids is 1. The van der Waals surface area contributed by atoms with E-state index in [9.17, 15) is 9.90 Å². The van der Waals surface area contributed by atoms with Gasteiger partial charge in [0.25, 0.3) is 0 Å². The van der Waals surface area contributed by atoms with E-state index in [1.807, 2.05) is 60.7 Å². The largest absolute Gasteiger partial charge is 0.477 e. The number of amidine groups is 1. The van der Waals surface area contributed by atoms with Gasteiger partial charge in [-0.2, -0.15) is 5.10 Å². The maximum Gasteiger partial charge on any atom is 0.352 e. The number of carbonyl (C=O) groups is 1. The first-order chi connectivity index (χ1) is 11.7. The number of benzene rings is 2. The first-order valence-electron chi connectivity index (χ1n) is 7.57. The van der Waals surface area contributed by atoms with E-state index >= 15 is 0 Å². The molecule has 3 rings (SSSR count). The van der Waals surface area contributed by atoms with Gasteiger partial charge in [-0.05, 0) is 11.1 Å². The van der Waals surface area contributed by atoms with Crippen LogP contribution >= 0.6 is 11.8 Å². The highest BCUT2D eigenvalue weighted by atomic mass is 32.2. The van der Waals surface area contributed by atoms with E-state index in [0.717, 1.165) is 16.9 Å². The highest BCUT2D eigenvalue weighted by Gasteiger charge is 2.20. The van der Waals surface area contributed by atoms with E-state index < -0.39 is 5.97 Å². The van der Waals surface area contributed by atoms with Crippen LogP contribution in [0.25, 0.3) is 0 Å². The fourth-order valence-corrected chi connectivity index (χ4v) is 3.24. The number of carboxylic acid groups (broad SMARTS) is 1. The van der Waals surface area contributed by atoms with E-state index in [1.54, 1.807) is 11.8 Å². The third-order valence-corrected chi connectivity index (χ3v) is 4.54. The van der Waals surface area contributed by atoms with Gasteiger partial charge >= 0.3 is 5.97 Å². The number of carboxylic acids is 1. The van der Waals surface area contributed by atoms with Crippen LogP contribution in [0.15, 0.2) is 70.8 Å². The number of aliphatic imine (C=N–C) groups is 1. The molecule has 0 spiro atoms. The molecule has 2 aromatic carbocycles. The van der Waals surface area contributed by atoms with Crippen molar-refractivity contribution in [2.45, 2.75) is 12.5 Å². The van der Waals surface area contributed by atoms with Crippen molar-refractivity contribution in [1.82, 2.24) is 5.43 Å². The first-order valence-corrected chi connectivity index (χ1v) is 8.56. The fourth-order valence-electron chi connectivity index (χ4n) is 2.35. The third kappa shape index (κ3) is 4.23. The lowest BCUT2D eigenvalue weighted by atomic mass is 10.1. The highest BCUT2D eigenvalue weighted by Crippen LogP contribution is 2.29. The molecule has 0 fully saturated rings. The van der Waals surface area contributed by atoms with Gasteiger partial charge in [0.1, 0.15) is 5.71 Å². The topological polar surface area (TPSA) is 74.0 Å². The van der Waals surface area contributed by atoms with Crippen LogP contribution in [0.4, 0.5) is 0 Å². The molecule has 0 bridgehead atoms. The molecule has 1 aliphatic rings. The summed E-state index contributed by atoms with van der Waals surface area (Å²) < 4.78 is 0. The molecule has 0 saturated heterocycles. The molecule has 2 N–H and O–H groups in total. The summed E-state index contributed by atoms with van der Waals surface area (Å²) in [7, 11) is 0. The van der Waals surface area contributed by atoms with Crippen molar-refractivity contribution in [3.63, 3.8) is 0 Å². The van der Waals surface area contributed by atoms with Crippen molar-refractivity contribution in [3.8, 4) is 0 Å². The number of thioether (sulfide) groups is 1. The van der Waals surface area contributed by atoms with Gasteiger partial charge < -0.3 is 5.11 Å². The number of hydrazone groups is 1. The Hall–Kier alpha value is -2.60. The summed E-state index contributed by atoms with van der Waals surface area (Å²) in [5, 5.41) is 14.0. The molecule has 0 amide bonds. The molecule has 1 aliphatic heterocycles. The van der Waals surface area contributed by atoms with Crippen molar-refractivity contribution in [2.75, 3.05) is 5.75 Å². The molecule has 5 nitrogen and oxygen atoms in total. The summed E-state index contributed by atoms with van der Waals surface area (Å²) in [4.78, 5) is 15.9. The monoisotopic (exact) mass is 339 g/mol. The number of nitrogens with zero attached hydrogens (tertiary/aromatic N) is 2. The van der Waals surface area contributed by atoms with E-state index in [2.05, 4.69) is 15.5 Å². The van der Waals surface area contributed by atoms with Gasteiger partial charge in [-0.3, -0.25) is 10.4 Å². The average Bonchev–Trinajstić information content (AvgIpc) is 3.09. The first kappa shape index (κ1) is 16.3. The molecule has 1 atom stereocenters. The molecule has 0 saturated carbocycles. The van der Waals surface area contributed by atoms with Gasteiger partial charge in [0.15, 0.2) is 5.17 Å². The predicted octanol–water partition coefficient (Wildman–Crippen LogP) is 3.10. The summed E-state index contributed by atoms with van der Waals surface area (Å²) in [5.74, 6) is -0.210. The second kappa shape index (κ2) is 7.79. The number of hydrogen-bond donors (Lipinski definition) is 2. The molecular weight excluding hydrogens is 322 g/mol. The molecule has 24 heavy (non-hydrogen) atoms. The molecule has 0 radical (unpaired) electrons. The van der Waals surface area contributed by atoms with Gasteiger partial charge in [0.05, 0.1) is 6.04 Å². The Bertz CT molecular complexity index is 760. The van der Waals surface area contributed by atoms with Gasteiger partial charge in [-0.1, -0.05) is 72.4 Å². The summed E-state index contributed by atoms with van der Waals surface area (Å²) in [6, 6.07) is 19.5. The quantitative estimate of drug-likeness (QED) is 0.648. The SMILES string of the molecule is O=C(O)/C(Cc1ccccc1)=N/NC1=NC(c2ccccc2)CS1. The van der Waals surface area contributed by atoms with Crippen molar-refractivity contribution < 1.29 is 9.90 Å². The van der Waals surface area contributed by atoms with Crippen LogP contribution in [0.5, 0.6) is 0 Å². The number of hydrogen-bond acceptors (Lipinski definition) is 5. The van der Waals surface area contributed by atoms with Crippen molar-refractivity contribution in [1.29, 1.82) is 0 Å². The fraction of sp³-hybridized carbons (Fsp3) is 0.167. The number of rotatable bonds is 5. The Morgan fingerprint density at radius 1 is 1.17 bits per heavy atom. The van der Waals surface area contributed by atoms with Crippen LogP contribution in [0.3, 0.4) is 0 Å². The molecule has 0 aromatic heterocycles. The lowest BCUT2D eigenvalue weighted by molar-refractivity contribution is -0.129. The second-order valence-electron chi connectivity index (χ2n) is 5.31. The predicted molar refractivity (Wildman–Crippen MR) is 97.4 cm³/mol. The molecular formula is C18H17N3O2S. The van der Waals surface area contributed by atoms with Gasteiger partial charge in [-0.25, -0.2) is 4.79 Å². The van der Waals surface area contributed by atoms with Crippen molar-refractivity contribution in [2.24, 2.45) is 10.1 Å². The minimum absolute atomic E-state index is 0.0626. The Morgan fingerprint density at radius 2 is 1.83 bits per heavy atom. The van der Waals surface area contributed by atoms with Gasteiger partial charge in [-0.15, -0.1) is 0 Å².